The van der Waals surface area contributed by atoms with E-state index in [0.717, 1.165) is 25.1 Å². The predicted molar refractivity (Wildman–Crippen MR) is 84.5 cm³/mol. The molecule has 0 spiro atoms. The van der Waals surface area contributed by atoms with Crippen LogP contribution < -0.4 is 4.74 Å². The zero-order chi connectivity index (χ0) is 14.4. The van der Waals surface area contributed by atoms with Gasteiger partial charge in [-0.3, -0.25) is 4.90 Å². The quantitative estimate of drug-likeness (QED) is 0.783. The smallest absolute Gasteiger partial charge is 0.132 e. The molecule has 1 aromatic rings. The molecule has 1 aromatic carbocycles. The first-order chi connectivity index (χ1) is 9.78. The summed E-state index contributed by atoms with van der Waals surface area (Å²) in [5, 5.41) is 8.99. The van der Waals surface area contributed by atoms with E-state index in [-0.39, 0.29) is 0 Å². The molecule has 1 heterocycles. The van der Waals surface area contributed by atoms with Crippen LogP contribution in [0.25, 0.3) is 0 Å². The molecule has 0 aliphatic carbocycles. The van der Waals surface area contributed by atoms with Crippen molar-refractivity contribution in [2.75, 3.05) is 26.5 Å². The second-order valence-electron chi connectivity index (χ2n) is 5.32. The van der Waals surface area contributed by atoms with Crippen LogP contribution in [0.3, 0.4) is 0 Å². The molecule has 0 saturated carbocycles. The molecule has 0 amide bonds. The normalized spacial score (nSPS) is 19.4. The first-order valence-electron chi connectivity index (χ1n) is 7.34. The summed E-state index contributed by atoms with van der Waals surface area (Å²) in [5.41, 5.74) is 1.35. The van der Waals surface area contributed by atoms with E-state index < -0.39 is 0 Å². The molecule has 0 radical (unpaired) electrons. The summed E-state index contributed by atoms with van der Waals surface area (Å²) in [5.74, 6) is 0.958. The number of thioether (sulfide) groups is 1. The van der Waals surface area contributed by atoms with Gasteiger partial charge in [0.2, 0.25) is 0 Å². The number of methoxy groups -OCH3 is 1. The molecule has 0 bridgehead atoms. The topological polar surface area (TPSA) is 32.7 Å². The van der Waals surface area contributed by atoms with Crippen molar-refractivity contribution in [1.29, 1.82) is 0 Å². The Morgan fingerprint density at radius 2 is 2.30 bits per heavy atom. The molecule has 3 nitrogen and oxygen atoms in total. The number of aliphatic hydroxyl groups excluding tert-OH is 1. The zero-order valence-electron chi connectivity index (χ0n) is 12.5. The first kappa shape index (κ1) is 15.7. The van der Waals surface area contributed by atoms with E-state index in [0.29, 0.717) is 12.6 Å². The third-order valence-corrected chi connectivity index (χ3v) is 4.79. The fourth-order valence-electron chi connectivity index (χ4n) is 2.97. The molecular weight excluding hydrogens is 270 g/mol. The van der Waals surface area contributed by atoms with Crippen LogP contribution >= 0.6 is 11.8 Å². The standard InChI is InChI=1S/C16H25NO2S/c1-19-15-8-7-13(11-16(15)20-2)12-17-9-3-5-14(17)6-4-10-18/h7-8,11,14,18H,3-6,9-10,12H2,1-2H3. The Hall–Kier alpha value is -0.710. The number of likely N-dealkylation sites (tertiary alicyclic amines) is 1. The predicted octanol–water partition coefficient (Wildman–Crippen LogP) is 3.15. The van der Waals surface area contributed by atoms with Crippen molar-refractivity contribution in [2.24, 2.45) is 0 Å². The molecule has 4 heteroatoms. The van der Waals surface area contributed by atoms with Crippen molar-refractivity contribution in [2.45, 2.75) is 43.2 Å². The van der Waals surface area contributed by atoms with E-state index in [9.17, 15) is 0 Å². The SMILES string of the molecule is COc1ccc(CN2CCCC2CCCO)cc1SC. The van der Waals surface area contributed by atoms with Gasteiger partial charge in [0.05, 0.1) is 7.11 Å². The monoisotopic (exact) mass is 295 g/mol. The fourth-order valence-corrected chi connectivity index (χ4v) is 3.59. The lowest BCUT2D eigenvalue weighted by Crippen LogP contribution is -2.29. The van der Waals surface area contributed by atoms with Crippen molar-refractivity contribution in [3.05, 3.63) is 23.8 Å². The Labute approximate surface area is 126 Å². The number of nitrogens with zero attached hydrogens (tertiary/aromatic N) is 1. The van der Waals surface area contributed by atoms with E-state index in [1.54, 1.807) is 18.9 Å². The lowest BCUT2D eigenvalue weighted by Gasteiger charge is -2.24. The molecule has 1 aliphatic rings. The maximum atomic E-state index is 8.99. The Balaban J connectivity index is 2.01. The van der Waals surface area contributed by atoms with Crippen molar-refractivity contribution in [1.82, 2.24) is 4.90 Å². The molecule has 1 N–H and O–H groups in total. The number of rotatable bonds is 7. The molecule has 0 aromatic heterocycles. The van der Waals surface area contributed by atoms with Crippen LogP contribution in [-0.4, -0.2) is 42.6 Å². The Morgan fingerprint density at radius 3 is 3.00 bits per heavy atom. The second kappa shape index (κ2) is 7.91. The summed E-state index contributed by atoms with van der Waals surface area (Å²) in [6.45, 7) is 2.49. The van der Waals surface area contributed by atoms with Crippen molar-refractivity contribution < 1.29 is 9.84 Å². The van der Waals surface area contributed by atoms with Gasteiger partial charge in [-0.1, -0.05) is 6.07 Å². The molecule has 1 aliphatic heterocycles. The second-order valence-corrected chi connectivity index (χ2v) is 6.17. The zero-order valence-corrected chi connectivity index (χ0v) is 13.3. The van der Waals surface area contributed by atoms with Crippen LogP contribution in [0.1, 0.15) is 31.2 Å². The van der Waals surface area contributed by atoms with Crippen molar-refractivity contribution in [3.8, 4) is 5.75 Å². The molecule has 1 fully saturated rings. The van der Waals surface area contributed by atoms with Crippen LogP contribution in [0.2, 0.25) is 0 Å². The number of ether oxygens (including phenoxy) is 1. The van der Waals surface area contributed by atoms with Gasteiger partial charge in [-0.2, -0.15) is 0 Å². The van der Waals surface area contributed by atoms with Gasteiger partial charge in [0.25, 0.3) is 0 Å². The summed E-state index contributed by atoms with van der Waals surface area (Å²) in [4.78, 5) is 3.76. The largest absolute Gasteiger partial charge is 0.496 e. The van der Waals surface area contributed by atoms with Crippen molar-refractivity contribution in [3.63, 3.8) is 0 Å². The average molecular weight is 295 g/mol. The van der Waals surface area contributed by atoms with Gasteiger partial charge >= 0.3 is 0 Å². The Bertz CT molecular complexity index is 425. The van der Waals surface area contributed by atoms with Gasteiger partial charge in [-0.25, -0.2) is 0 Å². The number of aliphatic hydroxyl groups is 1. The van der Waals surface area contributed by atoms with Gasteiger partial charge in [0.1, 0.15) is 5.75 Å². The molecule has 1 saturated heterocycles. The minimum absolute atomic E-state index is 0.309. The highest BCUT2D eigenvalue weighted by Crippen LogP contribution is 2.30. The minimum Gasteiger partial charge on any atom is -0.496 e. The van der Waals surface area contributed by atoms with E-state index in [1.807, 2.05) is 0 Å². The Kier molecular flexibility index (Phi) is 6.20. The molecule has 112 valence electrons. The summed E-state index contributed by atoms with van der Waals surface area (Å²) in [7, 11) is 1.72. The number of hydrogen-bond acceptors (Lipinski definition) is 4. The van der Waals surface area contributed by atoms with Gasteiger partial charge in [0.15, 0.2) is 0 Å². The number of benzene rings is 1. The molecule has 1 unspecified atom stereocenters. The lowest BCUT2D eigenvalue weighted by atomic mass is 10.1. The third kappa shape index (κ3) is 3.90. The Morgan fingerprint density at radius 1 is 1.45 bits per heavy atom. The maximum Gasteiger partial charge on any atom is 0.132 e. The summed E-state index contributed by atoms with van der Waals surface area (Å²) in [6.07, 6.45) is 6.66. The maximum absolute atomic E-state index is 8.99. The fraction of sp³-hybridized carbons (Fsp3) is 0.625. The van der Waals surface area contributed by atoms with Crippen LogP contribution in [0, 0.1) is 0 Å². The van der Waals surface area contributed by atoms with Gasteiger partial charge < -0.3 is 9.84 Å². The highest BCUT2D eigenvalue weighted by Gasteiger charge is 2.23. The van der Waals surface area contributed by atoms with Crippen LogP contribution in [-0.2, 0) is 6.54 Å². The average Bonchev–Trinajstić information content (AvgIpc) is 2.92. The van der Waals surface area contributed by atoms with E-state index in [1.165, 1.54) is 29.8 Å². The molecule has 2 rings (SSSR count). The van der Waals surface area contributed by atoms with E-state index in [4.69, 9.17) is 9.84 Å². The van der Waals surface area contributed by atoms with Crippen molar-refractivity contribution >= 4 is 11.8 Å². The molecule has 20 heavy (non-hydrogen) atoms. The highest BCUT2D eigenvalue weighted by atomic mass is 32.2. The number of hydrogen-bond donors (Lipinski definition) is 1. The van der Waals surface area contributed by atoms with E-state index >= 15 is 0 Å². The minimum atomic E-state index is 0.309. The van der Waals surface area contributed by atoms with E-state index in [2.05, 4.69) is 29.4 Å². The van der Waals surface area contributed by atoms with Gasteiger partial charge in [0, 0.05) is 24.1 Å². The summed E-state index contributed by atoms with van der Waals surface area (Å²) >= 11 is 1.73. The van der Waals surface area contributed by atoms with Crippen LogP contribution in [0.5, 0.6) is 5.75 Å². The summed E-state index contributed by atoms with van der Waals surface area (Å²) in [6, 6.07) is 7.12. The molecular formula is C16H25NO2S. The van der Waals surface area contributed by atoms with Crippen LogP contribution in [0.4, 0.5) is 0 Å². The molecule has 1 atom stereocenters. The third-order valence-electron chi connectivity index (χ3n) is 4.03. The first-order valence-corrected chi connectivity index (χ1v) is 8.56. The van der Waals surface area contributed by atoms with Gasteiger partial charge in [-0.05, 0) is 56.2 Å². The lowest BCUT2D eigenvalue weighted by molar-refractivity contribution is 0.210. The summed E-state index contributed by atoms with van der Waals surface area (Å²) < 4.78 is 5.37. The van der Waals surface area contributed by atoms with Crippen LogP contribution in [0.15, 0.2) is 23.1 Å². The highest BCUT2D eigenvalue weighted by molar-refractivity contribution is 7.98. The van der Waals surface area contributed by atoms with Gasteiger partial charge in [-0.15, -0.1) is 11.8 Å².